The number of aliphatic hydroxyl groups excluding tert-OH is 1. The van der Waals surface area contributed by atoms with E-state index in [0.717, 1.165) is 0 Å². The molecule has 0 amide bonds. The smallest absolute Gasteiger partial charge is 0.241 e. The van der Waals surface area contributed by atoms with Gasteiger partial charge < -0.3 is 5.11 Å². The topological polar surface area (TPSA) is 66.4 Å². The van der Waals surface area contributed by atoms with Gasteiger partial charge in [0.1, 0.15) is 11.6 Å². The summed E-state index contributed by atoms with van der Waals surface area (Å²) < 4.78 is 56.5. The zero-order valence-corrected chi connectivity index (χ0v) is 15.9. The first-order valence-corrected chi connectivity index (χ1v) is 10.6. The highest BCUT2D eigenvalue weighted by molar-refractivity contribution is 7.89. The third-order valence-corrected chi connectivity index (χ3v) is 6.62. The van der Waals surface area contributed by atoms with E-state index in [9.17, 15) is 17.9 Å². The first-order chi connectivity index (χ1) is 12.8. The minimum absolute atomic E-state index is 0.0699. The second-order valence-corrected chi connectivity index (χ2v) is 8.57. The van der Waals surface area contributed by atoms with Gasteiger partial charge in [0, 0.05) is 17.2 Å². The third kappa shape index (κ3) is 4.36. The highest BCUT2D eigenvalue weighted by Crippen LogP contribution is 2.30. The molecule has 0 unspecified atom stereocenters. The number of aliphatic hydroxyl groups is 1. The SMILES string of the molecule is CCc1c(S(=O)(=O)N[C@H]2CC[C@H](O)CC2)ccc(-c2ccc(F)cc2)c1F. The molecular weight excluding hydrogens is 372 g/mol. The fourth-order valence-electron chi connectivity index (χ4n) is 3.51. The maximum absolute atomic E-state index is 15.1. The van der Waals surface area contributed by atoms with Crippen molar-refractivity contribution in [1.29, 1.82) is 0 Å². The molecule has 1 fully saturated rings. The van der Waals surface area contributed by atoms with Gasteiger partial charge in [-0.05, 0) is 55.9 Å². The van der Waals surface area contributed by atoms with Crippen molar-refractivity contribution in [2.45, 2.75) is 56.1 Å². The minimum Gasteiger partial charge on any atom is -0.393 e. The number of rotatable bonds is 5. The van der Waals surface area contributed by atoms with Crippen molar-refractivity contribution in [3.05, 3.63) is 53.6 Å². The summed E-state index contributed by atoms with van der Waals surface area (Å²) in [6.45, 7) is 1.70. The molecule has 27 heavy (non-hydrogen) atoms. The molecule has 0 bridgehead atoms. The van der Waals surface area contributed by atoms with Crippen molar-refractivity contribution in [2.24, 2.45) is 0 Å². The molecule has 4 nitrogen and oxygen atoms in total. The van der Waals surface area contributed by atoms with Gasteiger partial charge in [-0.1, -0.05) is 25.1 Å². The summed E-state index contributed by atoms with van der Waals surface area (Å²) in [5.74, 6) is -1.03. The van der Waals surface area contributed by atoms with Crippen molar-refractivity contribution in [2.75, 3.05) is 0 Å². The van der Waals surface area contributed by atoms with Crippen LogP contribution in [0, 0.1) is 11.6 Å². The molecule has 2 aromatic rings. The number of benzene rings is 2. The Morgan fingerprint density at radius 1 is 1.04 bits per heavy atom. The van der Waals surface area contributed by atoms with Crippen LogP contribution in [0.2, 0.25) is 0 Å². The third-order valence-electron chi connectivity index (χ3n) is 5.02. The average Bonchev–Trinajstić information content (AvgIpc) is 2.64. The molecule has 2 aromatic carbocycles. The molecule has 146 valence electrons. The lowest BCUT2D eigenvalue weighted by Crippen LogP contribution is -2.38. The van der Waals surface area contributed by atoms with E-state index in [4.69, 9.17) is 0 Å². The first-order valence-electron chi connectivity index (χ1n) is 9.09. The monoisotopic (exact) mass is 395 g/mol. The molecule has 0 aliphatic heterocycles. The van der Waals surface area contributed by atoms with Crippen LogP contribution >= 0.6 is 0 Å². The largest absolute Gasteiger partial charge is 0.393 e. The molecular formula is C20H23F2NO3S. The van der Waals surface area contributed by atoms with E-state index >= 15 is 4.39 Å². The molecule has 0 aromatic heterocycles. The summed E-state index contributed by atoms with van der Waals surface area (Å²) in [5, 5.41) is 9.57. The molecule has 0 atom stereocenters. The fraction of sp³-hybridized carbons (Fsp3) is 0.400. The Morgan fingerprint density at radius 3 is 2.26 bits per heavy atom. The highest BCUT2D eigenvalue weighted by Gasteiger charge is 2.28. The summed E-state index contributed by atoms with van der Waals surface area (Å²) in [7, 11) is -3.88. The summed E-state index contributed by atoms with van der Waals surface area (Å²) in [6, 6.07) is 7.97. The van der Waals surface area contributed by atoms with Crippen molar-refractivity contribution >= 4 is 10.0 Å². The summed E-state index contributed by atoms with van der Waals surface area (Å²) >= 11 is 0. The maximum Gasteiger partial charge on any atom is 0.241 e. The van der Waals surface area contributed by atoms with Gasteiger partial charge in [-0.25, -0.2) is 21.9 Å². The van der Waals surface area contributed by atoms with E-state index in [1.807, 2.05) is 0 Å². The van der Waals surface area contributed by atoms with E-state index in [1.54, 1.807) is 6.92 Å². The molecule has 0 saturated heterocycles. The summed E-state index contributed by atoms with van der Waals surface area (Å²) in [5.41, 5.74) is 0.841. The lowest BCUT2D eigenvalue weighted by molar-refractivity contribution is 0.120. The normalized spacial score (nSPS) is 20.6. The van der Waals surface area contributed by atoms with Gasteiger partial charge in [-0.15, -0.1) is 0 Å². The van der Waals surface area contributed by atoms with E-state index in [1.165, 1.54) is 36.4 Å². The fourth-order valence-corrected chi connectivity index (χ4v) is 5.12. The van der Waals surface area contributed by atoms with Crippen LogP contribution in [0.25, 0.3) is 11.1 Å². The number of hydrogen-bond acceptors (Lipinski definition) is 3. The lowest BCUT2D eigenvalue weighted by atomic mass is 9.94. The predicted molar refractivity (Wildman–Crippen MR) is 99.8 cm³/mol. The van der Waals surface area contributed by atoms with Crippen LogP contribution in [0.4, 0.5) is 8.78 Å². The summed E-state index contributed by atoms with van der Waals surface area (Å²) in [4.78, 5) is -0.0699. The number of halogens is 2. The van der Waals surface area contributed by atoms with Crippen LogP contribution in [0.1, 0.15) is 38.2 Å². The molecule has 0 spiro atoms. The van der Waals surface area contributed by atoms with E-state index < -0.39 is 21.7 Å². The second kappa shape index (κ2) is 8.04. The number of sulfonamides is 1. The van der Waals surface area contributed by atoms with Gasteiger partial charge in [0.15, 0.2) is 0 Å². The molecule has 2 N–H and O–H groups in total. The molecule has 0 heterocycles. The Hall–Kier alpha value is -1.83. The van der Waals surface area contributed by atoms with Crippen LogP contribution in [0.3, 0.4) is 0 Å². The Balaban J connectivity index is 1.93. The molecule has 3 rings (SSSR count). The molecule has 1 aliphatic carbocycles. The van der Waals surface area contributed by atoms with E-state index in [-0.39, 0.29) is 34.6 Å². The number of nitrogens with one attached hydrogen (secondary N) is 1. The van der Waals surface area contributed by atoms with Gasteiger partial charge in [0.2, 0.25) is 10.0 Å². The van der Waals surface area contributed by atoms with Crippen LogP contribution < -0.4 is 4.72 Å². The zero-order chi connectivity index (χ0) is 19.6. The van der Waals surface area contributed by atoms with Gasteiger partial charge >= 0.3 is 0 Å². The molecule has 7 heteroatoms. The lowest BCUT2D eigenvalue weighted by Gasteiger charge is -2.26. The Kier molecular flexibility index (Phi) is 5.93. The number of hydrogen-bond donors (Lipinski definition) is 2. The minimum atomic E-state index is -3.88. The van der Waals surface area contributed by atoms with Gasteiger partial charge in [0.25, 0.3) is 0 Å². The van der Waals surface area contributed by atoms with Gasteiger partial charge in [-0.3, -0.25) is 0 Å². The van der Waals surface area contributed by atoms with Crippen molar-refractivity contribution in [3.8, 4) is 11.1 Å². The summed E-state index contributed by atoms with van der Waals surface area (Å²) in [6.07, 6.45) is 2.03. The van der Waals surface area contributed by atoms with Crippen LogP contribution in [0.15, 0.2) is 41.3 Å². The Labute approximate surface area is 158 Å². The molecule has 0 radical (unpaired) electrons. The van der Waals surface area contributed by atoms with Crippen LogP contribution in [-0.2, 0) is 16.4 Å². The quantitative estimate of drug-likeness (QED) is 0.810. The molecule has 1 saturated carbocycles. The van der Waals surface area contributed by atoms with Crippen molar-refractivity contribution in [1.82, 2.24) is 4.72 Å². The molecule has 1 aliphatic rings. The van der Waals surface area contributed by atoms with Crippen LogP contribution in [0.5, 0.6) is 0 Å². The van der Waals surface area contributed by atoms with Crippen molar-refractivity contribution < 1.29 is 22.3 Å². The Bertz CT molecular complexity index is 906. The predicted octanol–water partition coefficient (Wildman–Crippen LogP) is 3.78. The average molecular weight is 395 g/mol. The van der Waals surface area contributed by atoms with E-state index in [0.29, 0.717) is 31.2 Å². The Morgan fingerprint density at radius 2 is 1.67 bits per heavy atom. The zero-order valence-electron chi connectivity index (χ0n) is 15.1. The standard InChI is InChI=1S/C20H23F2NO3S/c1-2-17-19(27(25,26)23-15-7-9-16(24)10-8-15)12-11-18(20(17)22)13-3-5-14(21)6-4-13/h3-6,11-12,15-16,23-24H,2,7-10H2,1H3/t15-,16-. The van der Waals surface area contributed by atoms with Crippen molar-refractivity contribution in [3.63, 3.8) is 0 Å². The first kappa shape index (κ1) is 19.9. The van der Waals surface area contributed by atoms with E-state index in [2.05, 4.69) is 4.72 Å². The van der Waals surface area contributed by atoms with Crippen LogP contribution in [-0.4, -0.2) is 25.7 Å². The van der Waals surface area contributed by atoms with Gasteiger partial charge in [-0.2, -0.15) is 0 Å². The van der Waals surface area contributed by atoms with Gasteiger partial charge in [0.05, 0.1) is 11.0 Å². The highest BCUT2D eigenvalue weighted by atomic mass is 32.2. The second-order valence-electron chi connectivity index (χ2n) is 6.89. The maximum atomic E-state index is 15.1.